The Kier molecular flexibility index (Phi) is 11.1. The second-order valence-electron chi connectivity index (χ2n) is 21.3. The molecule has 0 amide bonds. The lowest BCUT2D eigenvalue weighted by atomic mass is 10.0. The van der Waals surface area contributed by atoms with Gasteiger partial charge in [0.05, 0.1) is 34.6 Å². The highest BCUT2D eigenvalue weighted by atomic mass is 16.3. The number of aromatic nitrogens is 5. The zero-order chi connectivity index (χ0) is 56.9. The van der Waals surface area contributed by atoms with Crippen LogP contribution in [0.5, 0.6) is 0 Å². The van der Waals surface area contributed by atoms with Crippen molar-refractivity contribution < 1.29 is 31.1 Å². The molecule has 0 aliphatic heterocycles. The van der Waals surface area contributed by atoms with Crippen molar-refractivity contribution >= 4 is 98.7 Å². The summed E-state index contributed by atoms with van der Waals surface area (Å²) >= 11 is 0. The summed E-state index contributed by atoms with van der Waals surface area (Å²) in [5.74, 6) is 0. The second-order valence-corrected chi connectivity index (χ2v) is 21.3. The van der Waals surface area contributed by atoms with Crippen molar-refractivity contribution in [2.75, 3.05) is 0 Å². The molecule has 0 saturated carbocycles. The van der Waals surface area contributed by atoms with Gasteiger partial charge in [-0.1, -0.05) is 107 Å². The van der Waals surface area contributed by atoms with Gasteiger partial charge < -0.3 is 13.3 Å². The first-order chi connectivity index (χ1) is 39.4. The molecular formula is C71H60N5O3+3. The third-order valence-corrected chi connectivity index (χ3v) is 15.5. The fourth-order valence-electron chi connectivity index (χ4n) is 11.5. The zero-order valence-electron chi connectivity index (χ0n) is 48.8. The van der Waals surface area contributed by atoms with E-state index in [-0.39, 0.29) is 0 Å². The number of benzene rings is 7. The predicted octanol–water partition coefficient (Wildman–Crippen LogP) is 16.6. The summed E-state index contributed by atoms with van der Waals surface area (Å²) in [6.07, 6.45) is 6.35. The van der Waals surface area contributed by atoms with Gasteiger partial charge in [0, 0.05) is 37.0 Å². The molecule has 79 heavy (non-hydrogen) atoms. The van der Waals surface area contributed by atoms with Gasteiger partial charge in [-0.3, -0.25) is 0 Å². The molecular weight excluding hydrogens is 971 g/mol. The van der Waals surface area contributed by atoms with Gasteiger partial charge in [-0.25, -0.2) is 23.7 Å². The normalized spacial score (nSPS) is 12.4. The number of hydrogen-bond acceptors (Lipinski definition) is 5. The predicted molar refractivity (Wildman–Crippen MR) is 322 cm³/mol. The van der Waals surface area contributed by atoms with Gasteiger partial charge in [0.15, 0.2) is 29.8 Å². The second kappa shape index (κ2) is 19.2. The molecule has 0 N–H and O–H groups in total. The molecule has 8 aromatic heterocycles. The number of furan rings is 3. The van der Waals surface area contributed by atoms with E-state index in [1.165, 1.54) is 55.1 Å². The molecule has 0 fully saturated rings. The highest BCUT2D eigenvalue weighted by Gasteiger charge is 2.23. The van der Waals surface area contributed by atoms with Crippen LogP contribution in [0.25, 0.3) is 132 Å². The largest absolute Gasteiger partial charge is 0.456 e. The van der Waals surface area contributed by atoms with Crippen LogP contribution in [-0.4, -0.2) is 9.97 Å². The number of rotatable bonds is 3. The number of nitrogens with zero attached hydrogens (tertiary/aromatic N) is 5. The minimum atomic E-state index is -2.11. The lowest BCUT2D eigenvalue weighted by Crippen LogP contribution is -2.30. The quantitative estimate of drug-likeness (QED) is 0.165. The third kappa shape index (κ3) is 8.79. The molecule has 0 saturated heterocycles. The number of fused-ring (bicyclic) bond motifs is 13. The van der Waals surface area contributed by atoms with Crippen LogP contribution < -0.4 is 13.7 Å². The maximum atomic E-state index is 7.64. The Morgan fingerprint density at radius 3 is 1.37 bits per heavy atom. The average molecular weight is 1030 g/mol. The van der Waals surface area contributed by atoms with E-state index < -0.39 is 6.85 Å². The van der Waals surface area contributed by atoms with Crippen LogP contribution >= 0.6 is 0 Å². The molecule has 0 spiro atoms. The molecule has 0 radical (unpaired) electrons. The molecule has 0 atom stereocenters. The number of pyridine rings is 5. The summed E-state index contributed by atoms with van der Waals surface area (Å²) in [5.41, 5.74) is 23.0. The van der Waals surface area contributed by atoms with Crippen LogP contribution in [0.15, 0.2) is 196 Å². The van der Waals surface area contributed by atoms with Gasteiger partial charge >= 0.3 is 0 Å². The fraction of sp³-hybridized carbons (Fsp3) is 0.141. The lowest BCUT2D eigenvalue weighted by Gasteiger charge is -2.05. The smallest absolute Gasteiger partial charge is 0.216 e. The monoisotopic (exact) mass is 1030 g/mol. The summed E-state index contributed by atoms with van der Waals surface area (Å²) in [6.45, 7) is 10.4. The molecule has 384 valence electrons. The van der Waals surface area contributed by atoms with E-state index >= 15 is 0 Å². The van der Waals surface area contributed by atoms with Crippen molar-refractivity contribution in [3.8, 4) is 33.8 Å². The van der Waals surface area contributed by atoms with Crippen molar-refractivity contribution in [2.45, 2.75) is 48.4 Å². The van der Waals surface area contributed by atoms with Crippen LogP contribution in [-0.2, 0) is 21.1 Å². The molecule has 7 aromatic carbocycles. The Labute approximate surface area is 462 Å². The van der Waals surface area contributed by atoms with Crippen LogP contribution in [0.2, 0.25) is 0 Å². The SMILES string of the molecule is Cc1ccc(-c2cc3oc4cc5cc(C)ccc5nc4c3c[n+]2C)c(C)c1.Cc1ccccc1-c1cc2oc3ccc4ccccc4c3c2c[n+]1C.[2H]C([2H])([2H])c1ccc(-c2cc3oc4cc5cc(C)ccc5nc4c3c[n+]2C)c(C)c1. The molecule has 0 bridgehead atoms. The highest BCUT2D eigenvalue weighted by Crippen LogP contribution is 2.37. The zero-order valence-corrected chi connectivity index (χ0v) is 45.8. The van der Waals surface area contributed by atoms with E-state index in [4.69, 9.17) is 27.3 Å². The summed E-state index contributed by atoms with van der Waals surface area (Å²) in [5, 5.41) is 9.00. The van der Waals surface area contributed by atoms with Gasteiger partial charge in [-0.15, -0.1) is 0 Å². The van der Waals surface area contributed by atoms with Gasteiger partial charge in [-0.2, -0.15) is 0 Å². The van der Waals surface area contributed by atoms with Crippen molar-refractivity contribution in [2.24, 2.45) is 21.1 Å². The van der Waals surface area contributed by atoms with Crippen LogP contribution in [0.1, 0.15) is 43.1 Å². The van der Waals surface area contributed by atoms with Crippen LogP contribution in [0.3, 0.4) is 0 Å². The Morgan fingerprint density at radius 2 is 0.810 bits per heavy atom. The Hall–Kier alpha value is -9.53. The van der Waals surface area contributed by atoms with Gasteiger partial charge in [-0.05, 0) is 137 Å². The third-order valence-electron chi connectivity index (χ3n) is 15.5. The molecule has 8 heteroatoms. The minimum Gasteiger partial charge on any atom is -0.456 e. The standard InChI is InChI=1S/2C24H21N2O.C23H18NO/c2*1-14-5-7-18(16(3)9-14)21-12-22-19(13-26(21)4)24-23(27-22)11-17-10-15(2)6-8-20(17)25-24;1-15-7-3-5-9-17(15)20-13-22-19(14-24(20)2)23-18-10-6-4-8-16(18)11-12-21(23)25-22/h2*5-13H,1-4H3;3-14H,1-2H3/q3*+1/i1D3;;. The van der Waals surface area contributed by atoms with Crippen LogP contribution in [0, 0.1) is 48.4 Å². The highest BCUT2D eigenvalue weighted by molar-refractivity contribution is 6.18. The molecule has 8 heterocycles. The maximum Gasteiger partial charge on any atom is 0.216 e. The van der Waals surface area contributed by atoms with Crippen molar-refractivity contribution in [1.82, 2.24) is 9.97 Å². The lowest BCUT2D eigenvalue weighted by molar-refractivity contribution is -0.659. The average Bonchev–Trinajstić information content (AvgIpc) is 3.76. The van der Waals surface area contributed by atoms with Crippen molar-refractivity contribution in [3.63, 3.8) is 0 Å². The van der Waals surface area contributed by atoms with Gasteiger partial charge in [0.1, 0.15) is 65.3 Å². The fourth-order valence-corrected chi connectivity index (χ4v) is 11.5. The van der Waals surface area contributed by atoms with E-state index in [2.05, 4.69) is 198 Å². The van der Waals surface area contributed by atoms with Gasteiger partial charge in [0.2, 0.25) is 17.1 Å². The molecule has 15 aromatic rings. The Balaban J connectivity index is 0.000000116. The minimum absolute atomic E-state index is 0.349. The topological polar surface area (TPSA) is 76.8 Å². The first kappa shape index (κ1) is 45.6. The maximum absolute atomic E-state index is 7.64. The number of hydrogen-bond donors (Lipinski definition) is 0. The van der Waals surface area contributed by atoms with E-state index in [0.717, 1.165) is 111 Å². The first-order valence-electron chi connectivity index (χ1n) is 28.2. The Bertz CT molecular complexity index is 5110. The van der Waals surface area contributed by atoms with E-state index in [9.17, 15) is 0 Å². The van der Waals surface area contributed by atoms with Crippen molar-refractivity contribution in [1.29, 1.82) is 0 Å². The summed E-state index contributed by atoms with van der Waals surface area (Å²) in [4.78, 5) is 9.71. The molecule has 0 aliphatic rings. The van der Waals surface area contributed by atoms with E-state index in [1.807, 2.05) is 49.0 Å². The van der Waals surface area contributed by atoms with E-state index in [0.29, 0.717) is 5.56 Å². The summed E-state index contributed by atoms with van der Waals surface area (Å²) < 4.78 is 47.9. The van der Waals surface area contributed by atoms with Crippen LogP contribution in [0.4, 0.5) is 0 Å². The van der Waals surface area contributed by atoms with Crippen molar-refractivity contribution in [3.05, 3.63) is 221 Å². The molecule has 0 unspecified atom stereocenters. The number of aryl methyl sites for hydroxylation is 10. The van der Waals surface area contributed by atoms with E-state index in [1.54, 1.807) is 12.1 Å². The summed E-state index contributed by atoms with van der Waals surface area (Å²) in [7, 11) is 6.16. The summed E-state index contributed by atoms with van der Waals surface area (Å²) in [6, 6.07) is 55.9. The Morgan fingerprint density at radius 1 is 0.354 bits per heavy atom. The molecule has 0 aliphatic carbocycles. The molecule has 15 rings (SSSR count). The first-order valence-corrected chi connectivity index (χ1v) is 26.7. The molecule has 8 nitrogen and oxygen atoms in total. The van der Waals surface area contributed by atoms with Gasteiger partial charge in [0.25, 0.3) is 0 Å².